The highest BCUT2D eigenvalue weighted by molar-refractivity contribution is 5.82. The summed E-state index contributed by atoms with van der Waals surface area (Å²) in [5, 5.41) is 12.0. The molecule has 3 aromatic rings. The van der Waals surface area contributed by atoms with Crippen molar-refractivity contribution in [3.8, 4) is 0 Å². The molecule has 100 valence electrons. The lowest BCUT2D eigenvalue weighted by atomic mass is 9.86. The van der Waals surface area contributed by atoms with Gasteiger partial charge in [0.25, 0.3) is 0 Å². The second kappa shape index (κ2) is 4.73. The van der Waals surface area contributed by atoms with Crippen LogP contribution in [0.3, 0.4) is 0 Å². The van der Waals surface area contributed by atoms with Crippen LogP contribution in [0.25, 0.3) is 10.9 Å². The molecule has 1 N–H and O–H groups in total. The fourth-order valence-corrected chi connectivity index (χ4v) is 2.53. The number of hydrogen-bond acceptors (Lipinski definition) is 2. The lowest BCUT2D eigenvalue weighted by Gasteiger charge is -2.25. The molecule has 20 heavy (non-hydrogen) atoms. The van der Waals surface area contributed by atoms with Crippen molar-refractivity contribution in [2.45, 2.75) is 19.4 Å². The van der Waals surface area contributed by atoms with Gasteiger partial charge in [-0.15, -0.1) is 0 Å². The minimum Gasteiger partial charge on any atom is -0.381 e. The number of aryl methyl sites for hydroxylation is 1. The predicted octanol–water partition coefficient (Wildman–Crippen LogP) is 3.80. The molecule has 0 saturated carbocycles. The van der Waals surface area contributed by atoms with E-state index >= 15 is 0 Å². The molecule has 0 aliphatic rings. The van der Waals surface area contributed by atoms with Crippen molar-refractivity contribution in [3.63, 3.8) is 0 Å². The Kier molecular flexibility index (Phi) is 3.03. The zero-order valence-corrected chi connectivity index (χ0v) is 11.7. The number of aliphatic hydroxyl groups is 1. The summed E-state index contributed by atoms with van der Waals surface area (Å²) in [6, 6.07) is 17.8. The summed E-state index contributed by atoms with van der Waals surface area (Å²) in [7, 11) is 0. The van der Waals surface area contributed by atoms with Crippen molar-refractivity contribution in [1.82, 2.24) is 4.98 Å². The van der Waals surface area contributed by atoms with E-state index in [1.165, 1.54) is 5.56 Å². The number of nitrogens with zero attached hydrogens (tertiary/aromatic N) is 1. The third kappa shape index (κ3) is 2.08. The Bertz CT molecular complexity index is 739. The standard InChI is InChI=1S/C18H17NO/c1-13-8-10-15(11-9-13)18(2,20)16-7-3-5-14-6-4-12-19-17(14)16/h3-12,20H,1-2H3. The van der Waals surface area contributed by atoms with Crippen LogP contribution in [-0.2, 0) is 5.60 Å². The molecular formula is C18H17NO. The lowest BCUT2D eigenvalue weighted by molar-refractivity contribution is 0.104. The van der Waals surface area contributed by atoms with Crippen LogP contribution < -0.4 is 0 Å². The summed E-state index contributed by atoms with van der Waals surface area (Å²) in [5.41, 5.74) is 2.68. The molecule has 1 unspecified atom stereocenters. The van der Waals surface area contributed by atoms with E-state index in [-0.39, 0.29) is 0 Å². The second-order valence-corrected chi connectivity index (χ2v) is 5.32. The van der Waals surface area contributed by atoms with E-state index in [1.807, 2.05) is 68.4 Å². The van der Waals surface area contributed by atoms with Crippen molar-refractivity contribution in [3.05, 3.63) is 77.5 Å². The molecule has 1 heterocycles. The Morgan fingerprint density at radius 1 is 0.950 bits per heavy atom. The largest absolute Gasteiger partial charge is 0.381 e. The van der Waals surface area contributed by atoms with E-state index in [2.05, 4.69) is 4.98 Å². The van der Waals surface area contributed by atoms with Crippen molar-refractivity contribution >= 4 is 10.9 Å². The lowest BCUT2D eigenvalue weighted by Crippen LogP contribution is -2.23. The minimum absolute atomic E-state index is 0.833. The molecule has 2 heteroatoms. The van der Waals surface area contributed by atoms with Gasteiger partial charge in [-0.3, -0.25) is 4.98 Å². The average molecular weight is 263 g/mol. The molecule has 0 spiro atoms. The maximum atomic E-state index is 11.0. The number of hydrogen-bond donors (Lipinski definition) is 1. The zero-order chi connectivity index (χ0) is 14.2. The monoisotopic (exact) mass is 263 g/mol. The van der Waals surface area contributed by atoms with Crippen molar-refractivity contribution < 1.29 is 5.11 Å². The van der Waals surface area contributed by atoms with E-state index < -0.39 is 5.60 Å². The molecule has 0 amide bonds. The molecule has 0 aliphatic heterocycles. The highest BCUT2D eigenvalue weighted by Crippen LogP contribution is 2.33. The van der Waals surface area contributed by atoms with Crippen molar-refractivity contribution in [1.29, 1.82) is 0 Å². The van der Waals surface area contributed by atoms with Crippen LogP contribution in [0.5, 0.6) is 0 Å². The molecule has 1 atom stereocenters. The Balaban J connectivity index is 2.20. The first kappa shape index (κ1) is 12.8. The fourth-order valence-electron chi connectivity index (χ4n) is 2.53. The van der Waals surface area contributed by atoms with Crippen LogP contribution in [0.1, 0.15) is 23.6 Å². The molecule has 0 aliphatic carbocycles. The molecular weight excluding hydrogens is 246 g/mol. The highest BCUT2D eigenvalue weighted by Gasteiger charge is 2.27. The Hall–Kier alpha value is -2.19. The number of para-hydroxylation sites is 1. The van der Waals surface area contributed by atoms with Crippen LogP contribution >= 0.6 is 0 Å². The summed E-state index contributed by atoms with van der Waals surface area (Å²) < 4.78 is 0. The molecule has 1 aromatic heterocycles. The summed E-state index contributed by atoms with van der Waals surface area (Å²) >= 11 is 0. The van der Waals surface area contributed by atoms with E-state index in [4.69, 9.17) is 0 Å². The number of rotatable bonds is 2. The average Bonchev–Trinajstić information content (AvgIpc) is 2.47. The Morgan fingerprint density at radius 3 is 2.40 bits per heavy atom. The third-order valence-corrected chi connectivity index (χ3v) is 3.77. The Labute approximate surface area is 118 Å². The normalized spacial score (nSPS) is 14.2. The molecule has 2 aromatic carbocycles. The van der Waals surface area contributed by atoms with Crippen molar-refractivity contribution in [2.75, 3.05) is 0 Å². The van der Waals surface area contributed by atoms with Gasteiger partial charge in [-0.2, -0.15) is 0 Å². The van der Waals surface area contributed by atoms with Gasteiger partial charge in [0.1, 0.15) is 5.60 Å². The van der Waals surface area contributed by atoms with Gasteiger partial charge in [0.2, 0.25) is 0 Å². The predicted molar refractivity (Wildman–Crippen MR) is 81.6 cm³/mol. The topological polar surface area (TPSA) is 33.1 Å². The summed E-state index contributed by atoms with van der Waals surface area (Å²) in [4.78, 5) is 4.43. The molecule has 0 saturated heterocycles. The molecule has 0 fully saturated rings. The number of benzene rings is 2. The molecule has 2 nitrogen and oxygen atoms in total. The van der Waals surface area contributed by atoms with E-state index in [9.17, 15) is 5.11 Å². The zero-order valence-electron chi connectivity index (χ0n) is 11.7. The van der Waals surface area contributed by atoms with Gasteiger partial charge in [0, 0.05) is 17.1 Å². The molecule has 3 rings (SSSR count). The second-order valence-electron chi connectivity index (χ2n) is 5.32. The minimum atomic E-state index is -1.05. The molecule has 0 radical (unpaired) electrons. The van der Waals surface area contributed by atoms with Crippen LogP contribution in [0.15, 0.2) is 60.8 Å². The van der Waals surface area contributed by atoms with Crippen LogP contribution in [0, 0.1) is 6.92 Å². The van der Waals surface area contributed by atoms with Crippen LogP contribution in [0.2, 0.25) is 0 Å². The smallest absolute Gasteiger partial charge is 0.114 e. The van der Waals surface area contributed by atoms with E-state index in [0.717, 1.165) is 22.0 Å². The maximum absolute atomic E-state index is 11.0. The van der Waals surface area contributed by atoms with Gasteiger partial charge in [-0.05, 0) is 25.5 Å². The van der Waals surface area contributed by atoms with Gasteiger partial charge in [-0.1, -0.05) is 54.1 Å². The van der Waals surface area contributed by atoms with Crippen molar-refractivity contribution in [2.24, 2.45) is 0 Å². The first-order valence-electron chi connectivity index (χ1n) is 6.73. The highest BCUT2D eigenvalue weighted by atomic mass is 16.3. The summed E-state index contributed by atoms with van der Waals surface area (Å²) in [6.45, 7) is 3.86. The van der Waals surface area contributed by atoms with Gasteiger partial charge < -0.3 is 5.11 Å². The number of pyridine rings is 1. The van der Waals surface area contributed by atoms with Gasteiger partial charge >= 0.3 is 0 Å². The van der Waals surface area contributed by atoms with Crippen LogP contribution in [-0.4, -0.2) is 10.1 Å². The number of fused-ring (bicyclic) bond motifs is 1. The van der Waals surface area contributed by atoms with E-state index in [1.54, 1.807) is 6.20 Å². The quantitative estimate of drug-likeness (QED) is 0.763. The van der Waals surface area contributed by atoms with Gasteiger partial charge in [0.05, 0.1) is 5.52 Å². The first-order valence-corrected chi connectivity index (χ1v) is 6.73. The summed E-state index contributed by atoms with van der Waals surface area (Å²) in [5.74, 6) is 0. The SMILES string of the molecule is Cc1ccc(C(C)(O)c2cccc3cccnc23)cc1. The maximum Gasteiger partial charge on any atom is 0.114 e. The van der Waals surface area contributed by atoms with Crippen LogP contribution in [0.4, 0.5) is 0 Å². The third-order valence-electron chi connectivity index (χ3n) is 3.77. The van der Waals surface area contributed by atoms with Gasteiger partial charge in [-0.25, -0.2) is 0 Å². The Morgan fingerprint density at radius 2 is 1.65 bits per heavy atom. The van der Waals surface area contributed by atoms with E-state index in [0.29, 0.717) is 0 Å². The fraction of sp³-hybridized carbons (Fsp3) is 0.167. The van der Waals surface area contributed by atoms with Gasteiger partial charge in [0.15, 0.2) is 0 Å². The molecule has 0 bridgehead atoms. The summed E-state index contributed by atoms with van der Waals surface area (Å²) in [6.07, 6.45) is 1.76. The number of aromatic nitrogens is 1. The first-order chi connectivity index (χ1) is 9.59.